The first-order chi connectivity index (χ1) is 9.91. The fraction of sp³-hybridized carbons (Fsp3) is 0.333. The minimum atomic E-state index is 0.207. The van der Waals surface area contributed by atoms with Crippen LogP contribution in [0.15, 0.2) is 60.7 Å². The van der Waals surface area contributed by atoms with Crippen LogP contribution < -0.4 is 0 Å². The van der Waals surface area contributed by atoms with E-state index in [-0.39, 0.29) is 5.41 Å². The molecule has 0 unspecified atom stereocenters. The van der Waals surface area contributed by atoms with Gasteiger partial charge in [-0.3, -0.25) is 0 Å². The first-order valence-electron chi connectivity index (χ1n) is 7.76. The molecule has 2 heteroatoms. The van der Waals surface area contributed by atoms with Gasteiger partial charge in [0.25, 0.3) is 0 Å². The van der Waals surface area contributed by atoms with Gasteiger partial charge in [-0.1, -0.05) is 60.7 Å². The molecule has 2 saturated heterocycles. The highest BCUT2D eigenvalue weighted by molar-refractivity contribution is 6.34. The summed E-state index contributed by atoms with van der Waals surface area (Å²) in [5, 5.41) is 0. The Morgan fingerprint density at radius 1 is 0.900 bits per heavy atom. The summed E-state index contributed by atoms with van der Waals surface area (Å²) in [5.74, 6) is 0. The molecule has 2 aliphatic heterocycles. The minimum absolute atomic E-state index is 0.207. The lowest BCUT2D eigenvalue weighted by atomic mass is 9.64. The zero-order valence-electron chi connectivity index (χ0n) is 11.8. The molecular weight excluding hydrogens is 241 g/mol. The third-order valence-corrected chi connectivity index (χ3v) is 5.30. The average Bonchev–Trinajstić information content (AvgIpc) is 3.11. The Bertz CT molecular complexity index is 541. The molecule has 100 valence electrons. The van der Waals surface area contributed by atoms with Crippen molar-refractivity contribution in [1.82, 2.24) is 4.81 Å². The standard InChI is InChI=1S/C18H20BN/c1-3-8-15(9-4-1)18(16-10-5-2-6-11-16)14-19-20-13-7-12-17(18)20/h1-6,8-11,17,19H,7,12-14H2/t17-/m0/s1. The molecule has 20 heavy (non-hydrogen) atoms. The van der Waals surface area contributed by atoms with Crippen LogP contribution in [0.3, 0.4) is 0 Å². The number of hydrogen-bond acceptors (Lipinski definition) is 1. The monoisotopic (exact) mass is 261 g/mol. The summed E-state index contributed by atoms with van der Waals surface area (Å²) < 4.78 is 0. The molecule has 0 aliphatic carbocycles. The van der Waals surface area contributed by atoms with Crippen molar-refractivity contribution in [3.05, 3.63) is 71.8 Å². The Balaban J connectivity index is 1.90. The van der Waals surface area contributed by atoms with Gasteiger partial charge in [0.2, 0.25) is 7.41 Å². The lowest BCUT2D eigenvalue weighted by Crippen LogP contribution is -2.39. The Morgan fingerprint density at radius 3 is 2.10 bits per heavy atom. The normalized spacial score (nSPS) is 24.3. The van der Waals surface area contributed by atoms with Gasteiger partial charge in [-0.25, -0.2) is 0 Å². The first kappa shape index (κ1) is 12.2. The van der Waals surface area contributed by atoms with Crippen molar-refractivity contribution in [1.29, 1.82) is 0 Å². The Kier molecular flexibility index (Phi) is 2.92. The maximum absolute atomic E-state index is 2.71. The fourth-order valence-corrected chi connectivity index (χ4v) is 4.45. The molecule has 0 amide bonds. The quantitative estimate of drug-likeness (QED) is 0.750. The van der Waals surface area contributed by atoms with Crippen molar-refractivity contribution in [3.63, 3.8) is 0 Å². The van der Waals surface area contributed by atoms with Crippen molar-refractivity contribution in [2.75, 3.05) is 6.54 Å². The van der Waals surface area contributed by atoms with Crippen molar-refractivity contribution in [3.8, 4) is 0 Å². The highest BCUT2D eigenvalue weighted by Crippen LogP contribution is 2.49. The van der Waals surface area contributed by atoms with Crippen LogP contribution in [-0.4, -0.2) is 24.8 Å². The summed E-state index contributed by atoms with van der Waals surface area (Å²) in [6.07, 6.45) is 3.95. The second kappa shape index (κ2) is 4.78. The lowest BCUT2D eigenvalue weighted by Gasteiger charge is -2.37. The maximum Gasteiger partial charge on any atom is 0.205 e. The van der Waals surface area contributed by atoms with E-state index in [4.69, 9.17) is 0 Å². The van der Waals surface area contributed by atoms with Crippen LogP contribution in [0.25, 0.3) is 0 Å². The van der Waals surface area contributed by atoms with Gasteiger partial charge in [0, 0.05) is 11.5 Å². The molecule has 2 aromatic rings. The number of fused-ring (bicyclic) bond motifs is 1. The largest absolute Gasteiger partial charge is 0.341 e. The highest BCUT2D eigenvalue weighted by atomic mass is 15.1. The van der Waals surface area contributed by atoms with Crippen molar-refractivity contribution < 1.29 is 0 Å². The van der Waals surface area contributed by atoms with Crippen LogP contribution >= 0.6 is 0 Å². The predicted octanol–water partition coefficient (Wildman–Crippen LogP) is 3.22. The van der Waals surface area contributed by atoms with E-state index in [1.165, 1.54) is 44.2 Å². The summed E-state index contributed by atoms with van der Waals surface area (Å²) in [5.41, 5.74) is 3.21. The van der Waals surface area contributed by atoms with Gasteiger partial charge in [0.05, 0.1) is 0 Å². The van der Waals surface area contributed by atoms with Crippen LogP contribution in [0, 0.1) is 0 Å². The topological polar surface area (TPSA) is 3.24 Å². The van der Waals surface area contributed by atoms with Crippen molar-refractivity contribution >= 4 is 7.41 Å². The van der Waals surface area contributed by atoms with Crippen molar-refractivity contribution in [2.45, 2.75) is 30.6 Å². The van der Waals surface area contributed by atoms with Crippen molar-refractivity contribution in [2.24, 2.45) is 0 Å². The van der Waals surface area contributed by atoms with Crippen LogP contribution in [0.1, 0.15) is 24.0 Å². The average molecular weight is 261 g/mol. The molecule has 0 saturated carbocycles. The third kappa shape index (κ3) is 1.68. The Hall–Kier alpha value is -1.54. The van der Waals surface area contributed by atoms with E-state index in [2.05, 4.69) is 65.5 Å². The molecule has 1 atom stereocenters. The van der Waals surface area contributed by atoms with Crippen LogP contribution in [0.4, 0.5) is 0 Å². The SMILES string of the molecule is B1CC(c2ccccc2)(c2ccccc2)[C@@H]2CCCN12. The second-order valence-corrected chi connectivity index (χ2v) is 6.15. The van der Waals surface area contributed by atoms with E-state index in [9.17, 15) is 0 Å². The summed E-state index contributed by atoms with van der Waals surface area (Å²) >= 11 is 0. The molecule has 2 fully saturated rings. The Morgan fingerprint density at radius 2 is 1.50 bits per heavy atom. The van der Waals surface area contributed by atoms with Gasteiger partial charge < -0.3 is 4.81 Å². The molecule has 2 aliphatic rings. The molecule has 0 bridgehead atoms. The first-order valence-corrected chi connectivity index (χ1v) is 7.76. The molecule has 4 rings (SSSR count). The highest BCUT2D eigenvalue weighted by Gasteiger charge is 2.51. The van der Waals surface area contributed by atoms with Crippen LogP contribution in [0.2, 0.25) is 6.32 Å². The molecule has 0 radical (unpaired) electrons. The zero-order chi connectivity index (χ0) is 13.4. The van der Waals surface area contributed by atoms with E-state index < -0.39 is 0 Å². The Labute approximate surface area is 121 Å². The van der Waals surface area contributed by atoms with Gasteiger partial charge in [0.15, 0.2) is 0 Å². The van der Waals surface area contributed by atoms with Gasteiger partial charge >= 0.3 is 0 Å². The maximum atomic E-state index is 2.71. The summed E-state index contributed by atoms with van der Waals surface area (Å²) in [6, 6.07) is 23.0. The molecule has 0 aromatic heterocycles. The fourth-order valence-electron chi connectivity index (χ4n) is 4.45. The van der Waals surface area contributed by atoms with E-state index in [0.29, 0.717) is 6.04 Å². The number of hydrogen-bond donors (Lipinski definition) is 0. The van der Waals surface area contributed by atoms with Gasteiger partial charge in [-0.15, -0.1) is 0 Å². The van der Waals surface area contributed by atoms with E-state index >= 15 is 0 Å². The summed E-state index contributed by atoms with van der Waals surface area (Å²) in [7, 11) is 1.24. The summed E-state index contributed by atoms with van der Waals surface area (Å²) in [4.78, 5) is 2.71. The smallest absolute Gasteiger partial charge is 0.205 e. The number of nitrogens with zero attached hydrogens (tertiary/aromatic N) is 1. The zero-order valence-corrected chi connectivity index (χ0v) is 11.8. The second-order valence-electron chi connectivity index (χ2n) is 6.15. The van der Waals surface area contributed by atoms with E-state index in [1.54, 1.807) is 0 Å². The third-order valence-electron chi connectivity index (χ3n) is 5.30. The molecular formula is C18H20BN. The molecule has 2 heterocycles. The molecule has 0 spiro atoms. The minimum Gasteiger partial charge on any atom is -0.341 e. The molecule has 0 N–H and O–H groups in total. The van der Waals surface area contributed by atoms with E-state index in [0.717, 1.165) is 0 Å². The number of benzene rings is 2. The predicted molar refractivity (Wildman–Crippen MR) is 85.3 cm³/mol. The lowest BCUT2D eigenvalue weighted by molar-refractivity contribution is 0.340. The van der Waals surface area contributed by atoms with Gasteiger partial charge in [-0.05, 0) is 36.8 Å². The molecule has 1 nitrogen and oxygen atoms in total. The molecule has 2 aromatic carbocycles. The van der Waals surface area contributed by atoms with E-state index in [1.807, 2.05) is 0 Å². The van der Waals surface area contributed by atoms with Gasteiger partial charge in [0.1, 0.15) is 0 Å². The summed E-state index contributed by atoms with van der Waals surface area (Å²) in [6.45, 7) is 1.28. The number of rotatable bonds is 2. The van der Waals surface area contributed by atoms with Gasteiger partial charge in [-0.2, -0.15) is 0 Å². The van der Waals surface area contributed by atoms with Crippen LogP contribution in [0.5, 0.6) is 0 Å². The van der Waals surface area contributed by atoms with Crippen LogP contribution in [-0.2, 0) is 5.41 Å².